The second kappa shape index (κ2) is 8.41. The van der Waals surface area contributed by atoms with Gasteiger partial charge < -0.3 is 20.6 Å². The van der Waals surface area contributed by atoms with Crippen LogP contribution < -0.4 is 10.6 Å². The lowest BCUT2D eigenvalue weighted by Gasteiger charge is -2.23. The van der Waals surface area contributed by atoms with Gasteiger partial charge in [-0.05, 0) is 18.1 Å². The Balaban J connectivity index is 1.69. The summed E-state index contributed by atoms with van der Waals surface area (Å²) < 4.78 is 14.7. The Morgan fingerprint density at radius 2 is 2.22 bits per heavy atom. The smallest absolute Gasteiger partial charge is 0.217 e. The van der Waals surface area contributed by atoms with Crippen molar-refractivity contribution in [1.29, 1.82) is 0 Å². The Kier molecular flexibility index (Phi) is 5.98. The average Bonchev–Trinajstić information content (AvgIpc) is 3.15. The second-order valence-corrected chi connectivity index (χ2v) is 6.62. The number of aliphatic hydroxyl groups is 1. The summed E-state index contributed by atoms with van der Waals surface area (Å²) in [5.41, 5.74) is 2.42. The molecule has 2 aliphatic heterocycles. The van der Waals surface area contributed by atoms with Gasteiger partial charge in [-0.2, -0.15) is 0 Å². The molecule has 1 aromatic carbocycles. The number of nitrogens with one attached hydrogen (secondary N) is 2. The number of amides is 1. The van der Waals surface area contributed by atoms with E-state index in [4.69, 9.17) is 9.94 Å². The zero-order valence-electron chi connectivity index (χ0n) is 15.0. The summed E-state index contributed by atoms with van der Waals surface area (Å²) in [7, 11) is 0. The first-order valence-electron chi connectivity index (χ1n) is 8.81. The number of ketones is 1. The highest BCUT2D eigenvalue weighted by Crippen LogP contribution is 2.27. The Hall–Kier alpha value is -2.58. The molecule has 1 aromatic rings. The molecule has 3 rings (SSSR count). The summed E-state index contributed by atoms with van der Waals surface area (Å²) in [4.78, 5) is 27.9. The number of hydrogen-bond acceptors (Lipinski definition) is 6. The minimum Gasteiger partial charge on any atom is -0.390 e. The monoisotopic (exact) mass is 375 g/mol. The Labute approximate surface area is 156 Å². The molecule has 0 saturated heterocycles. The van der Waals surface area contributed by atoms with Crippen molar-refractivity contribution >= 4 is 23.0 Å². The number of hydrogen-bond donors (Lipinski definition) is 3. The highest BCUT2D eigenvalue weighted by Gasteiger charge is 2.25. The van der Waals surface area contributed by atoms with E-state index in [1.54, 1.807) is 12.1 Å². The van der Waals surface area contributed by atoms with E-state index in [2.05, 4.69) is 15.8 Å². The number of aliphatic hydroxyl groups excluding tert-OH is 1. The minimum atomic E-state index is -0.536. The van der Waals surface area contributed by atoms with E-state index < -0.39 is 18.5 Å². The van der Waals surface area contributed by atoms with Gasteiger partial charge in [-0.1, -0.05) is 23.4 Å². The molecule has 0 fully saturated rings. The zero-order chi connectivity index (χ0) is 19.4. The topological polar surface area (TPSA) is 100 Å². The van der Waals surface area contributed by atoms with Gasteiger partial charge in [-0.15, -0.1) is 0 Å². The van der Waals surface area contributed by atoms with Gasteiger partial charge in [0.1, 0.15) is 18.5 Å². The van der Waals surface area contributed by atoms with Crippen LogP contribution in [0.25, 0.3) is 5.57 Å². The molecular formula is C19H22FN3O4. The number of benzene rings is 1. The molecule has 8 heteroatoms. The van der Waals surface area contributed by atoms with Crippen molar-refractivity contribution in [2.24, 2.45) is 5.16 Å². The van der Waals surface area contributed by atoms with Gasteiger partial charge in [-0.3, -0.25) is 9.59 Å². The Morgan fingerprint density at radius 1 is 1.41 bits per heavy atom. The predicted molar refractivity (Wildman–Crippen MR) is 97.6 cm³/mol. The minimum absolute atomic E-state index is 0.143. The highest BCUT2D eigenvalue weighted by atomic mass is 19.1. The fourth-order valence-electron chi connectivity index (χ4n) is 3.18. The summed E-state index contributed by atoms with van der Waals surface area (Å²) in [5, 5.41) is 18.7. The fourth-order valence-corrected chi connectivity index (χ4v) is 3.18. The van der Waals surface area contributed by atoms with E-state index in [-0.39, 0.29) is 17.8 Å². The molecule has 0 aliphatic carbocycles. The summed E-state index contributed by atoms with van der Waals surface area (Å²) in [6.07, 6.45) is 2.40. The van der Waals surface area contributed by atoms with Gasteiger partial charge in [0.05, 0.1) is 18.3 Å². The highest BCUT2D eigenvalue weighted by molar-refractivity contribution is 6.01. The molecule has 2 unspecified atom stereocenters. The number of carbonyl (C=O) groups is 2. The Bertz CT molecular complexity index is 806. The molecule has 0 bridgehead atoms. The summed E-state index contributed by atoms with van der Waals surface area (Å²) >= 11 is 0. The van der Waals surface area contributed by atoms with Crippen molar-refractivity contribution in [2.45, 2.75) is 31.9 Å². The molecular weight excluding hydrogens is 353 g/mol. The van der Waals surface area contributed by atoms with Gasteiger partial charge in [0.25, 0.3) is 0 Å². The number of Topliss-reactive ketones (excluding diaryl/α,β-unsaturated/α-hetero) is 1. The van der Waals surface area contributed by atoms with Crippen molar-refractivity contribution in [2.75, 3.05) is 19.7 Å². The van der Waals surface area contributed by atoms with Gasteiger partial charge in [0, 0.05) is 31.0 Å². The van der Waals surface area contributed by atoms with E-state index in [1.165, 1.54) is 13.0 Å². The third-order valence-corrected chi connectivity index (χ3v) is 4.64. The first-order chi connectivity index (χ1) is 13.0. The normalized spacial score (nSPS) is 21.9. The van der Waals surface area contributed by atoms with Gasteiger partial charge in [0.15, 0.2) is 5.78 Å². The molecule has 0 aromatic heterocycles. The number of nitrogens with zero attached hydrogens (tertiary/aromatic N) is 1. The number of halogens is 1. The summed E-state index contributed by atoms with van der Waals surface area (Å²) in [6.45, 7) is 1.69. The van der Waals surface area contributed by atoms with Crippen LogP contribution in [0.5, 0.6) is 0 Å². The van der Waals surface area contributed by atoms with Gasteiger partial charge in [-0.25, -0.2) is 4.39 Å². The second-order valence-electron chi connectivity index (χ2n) is 6.62. The summed E-state index contributed by atoms with van der Waals surface area (Å²) in [6, 6.07) is 4.35. The maximum Gasteiger partial charge on any atom is 0.217 e. The van der Waals surface area contributed by atoms with Crippen LogP contribution in [0.4, 0.5) is 4.39 Å². The van der Waals surface area contributed by atoms with Crippen LogP contribution in [-0.2, 0) is 14.4 Å². The SMILES string of the molecule is CC(=O)NCC1CC(c2ccc(C3=CCNC(C(=O)CO)C3)c(F)c2)=NO1. The standard InChI is InChI=1S/C19H22FN3O4/c1-11(25)22-9-14-8-17(23-27-14)13-2-3-15(16(20)6-13)12-4-5-21-18(7-12)19(26)10-24/h2-4,6,14,18,21,24H,5,7-10H2,1H3,(H,22,25). The first-order valence-corrected chi connectivity index (χ1v) is 8.81. The number of rotatable bonds is 6. The van der Waals surface area contributed by atoms with Crippen LogP contribution >= 0.6 is 0 Å². The van der Waals surface area contributed by atoms with Crippen LogP contribution in [0, 0.1) is 5.82 Å². The largest absolute Gasteiger partial charge is 0.390 e. The number of carbonyl (C=O) groups excluding carboxylic acids is 2. The molecule has 2 aliphatic rings. The van der Waals surface area contributed by atoms with E-state index in [1.807, 2.05) is 6.08 Å². The maximum absolute atomic E-state index is 14.7. The van der Waals surface area contributed by atoms with E-state index in [9.17, 15) is 14.0 Å². The molecule has 27 heavy (non-hydrogen) atoms. The molecule has 0 saturated carbocycles. The van der Waals surface area contributed by atoms with Crippen molar-refractivity contribution in [3.05, 3.63) is 41.2 Å². The van der Waals surface area contributed by atoms with Gasteiger partial charge in [0.2, 0.25) is 5.91 Å². The van der Waals surface area contributed by atoms with Crippen LogP contribution in [0.2, 0.25) is 0 Å². The van der Waals surface area contributed by atoms with Crippen LogP contribution in [0.15, 0.2) is 29.4 Å². The molecule has 2 heterocycles. The van der Waals surface area contributed by atoms with E-state index >= 15 is 0 Å². The molecule has 1 amide bonds. The van der Waals surface area contributed by atoms with Crippen LogP contribution in [0.3, 0.4) is 0 Å². The molecule has 3 N–H and O–H groups in total. The van der Waals surface area contributed by atoms with Crippen LogP contribution in [0.1, 0.15) is 30.9 Å². The lowest BCUT2D eigenvalue weighted by molar-refractivity contribution is -0.123. The molecule has 2 atom stereocenters. The molecule has 0 spiro atoms. The van der Waals surface area contributed by atoms with E-state index in [0.29, 0.717) is 42.8 Å². The quantitative estimate of drug-likeness (QED) is 0.682. The average molecular weight is 375 g/mol. The zero-order valence-corrected chi connectivity index (χ0v) is 15.0. The maximum atomic E-state index is 14.7. The van der Waals surface area contributed by atoms with Crippen LogP contribution in [-0.4, -0.2) is 54.4 Å². The number of oxime groups is 1. The van der Waals surface area contributed by atoms with Crippen molar-refractivity contribution in [1.82, 2.24) is 10.6 Å². The lowest BCUT2D eigenvalue weighted by Crippen LogP contribution is -2.41. The molecule has 7 nitrogen and oxygen atoms in total. The van der Waals surface area contributed by atoms with Crippen molar-refractivity contribution in [3.63, 3.8) is 0 Å². The van der Waals surface area contributed by atoms with E-state index in [0.717, 1.165) is 5.57 Å². The van der Waals surface area contributed by atoms with Crippen molar-refractivity contribution in [3.8, 4) is 0 Å². The van der Waals surface area contributed by atoms with Crippen molar-refractivity contribution < 1.29 is 23.9 Å². The fraction of sp³-hybridized carbons (Fsp3) is 0.421. The Morgan fingerprint density at radius 3 is 2.93 bits per heavy atom. The third kappa shape index (κ3) is 4.58. The lowest BCUT2D eigenvalue weighted by atomic mass is 9.92. The van der Waals surface area contributed by atoms with Gasteiger partial charge >= 0.3 is 0 Å². The summed E-state index contributed by atoms with van der Waals surface area (Å²) in [5.74, 6) is -0.847. The third-order valence-electron chi connectivity index (χ3n) is 4.64. The molecule has 0 radical (unpaired) electrons. The first kappa shape index (κ1) is 19.2. The predicted octanol–water partition coefficient (Wildman–Crippen LogP) is 0.761. The molecule has 144 valence electrons.